The Hall–Kier alpha value is -1.59. The first-order chi connectivity index (χ1) is 12.3. The summed E-state index contributed by atoms with van der Waals surface area (Å²) in [6.45, 7) is 14.3. The van der Waals surface area contributed by atoms with Gasteiger partial charge in [-0.15, -0.1) is 0 Å². The van der Waals surface area contributed by atoms with Crippen molar-refractivity contribution in [3.05, 3.63) is 35.4 Å². The van der Waals surface area contributed by atoms with Crippen molar-refractivity contribution in [1.82, 2.24) is 14.7 Å². The number of piperazine rings is 1. The number of aryl methyl sites for hydroxylation is 1. The van der Waals surface area contributed by atoms with Gasteiger partial charge in [0.2, 0.25) is 0 Å². The molecule has 0 saturated carbocycles. The Morgan fingerprint density at radius 1 is 1.15 bits per heavy atom. The largest absolute Gasteiger partial charge is 0.444 e. The second-order valence-corrected chi connectivity index (χ2v) is 8.22. The van der Waals surface area contributed by atoms with Crippen LogP contribution < -0.4 is 0 Å². The van der Waals surface area contributed by atoms with Crippen molar-refractivity contribution in [2.24, 2.45) is 0 Å². The third-order valence-corrected chi connectivity index (χ3v) is 4.67. The fourth-order valence-electron chi connectivity index (χ4n) is 3.13. The molecule has 1 heterocycles. The number of likely N-dealkylation sites (N-methyl/N-ethyl adjacent to an activating group) is 1. The quantitative estimate of drug-likeness (QED) is 0.779. The normalized spacial score (nSPS) is 16.2. The summed E-state index contributed by atoms with van der Waals surface area (Å²) in [7, 11) is 2.18. The molecule has 0 atom stereocenters. The lowest BCUT2D eigenvalue weighted by Crippen LogP contribution is -2.51. The van der Waals surface area contributed by atoms with Crippen molar-refractivity contribution < 1.29 is 9.53 Å². The van der Waals surface area contributed by atoms with Crippen LogP contribution in [0.4, 0.5) is 4.79 Å². The van der Waals surface area contributed by atoms with Crippen LogP contribution in [0.5, 0.6) is 0 Å². The van der Waals surface area contributed by atoms with Gasteiger partial charge < -0.3 is 14.5 Å². The van der Waals surface area contributed by atoms with Gasteiger partial charge in [-0.1, -0.05) is 31.2 Å². The Balaban J connectivity index is 1.70. The molecule has 5 nitrogen and oxygen atoms in total. The molecule has 1 aliphatic heterocycles. The Morgan fingerprint density at radius 2 is 1.81 bits per heavy atom. The maximum absolute atomic E-state index is 12.1. The van der Waals surface area contributed by atoms with Gasteiger partial charge >= 0.3 is 6.09 Å². The maximum atomic E-state index is 12.1. The van der Waals surface area contributed by atoms with Gasteiger partial charge in [0, 0.05) is 45.8 Å². The van der Waals surface area contributed by atoms with Gasteiger partial charge in [-0.2, -0.15) is 0 Å². The molecule has 2 rings (SSSR count). The zero-order valence-electron chi connectivity index (χ0n) is 17.1. The Kier molecular flexibility index (Phi) is 7.47. The first kappa shape index (κ1) is 20.7. The molecule has 0 N–H and O–H groups in total. The van der Waals surface area contributed by atoms with E-state index in [-0.39, 0.29) is 6.09 Å². The number of nitrogens with zero attached hydrogens (tertiary/aromatic N) is 3. The van der Waals surface area contributed by atoms with Gasteiger partial charge in [0.05, 0.1) is 0 Å². The van der Waals surface area contributed by atoms with E-state index >= 15 is 0 Å². The number of benzene rings is 1. The molecule has 1 saturated heterocycles. The summed E-state index contributed by atoms with van der Waals surface area (Å²) in [5, 5.41) is 0. The molecule has 1 aromatic carbocycles. The Bertz CT molecular complexity index is 575. The first-order valence-electron chi connectivity index (χ1n) is 9.73. The molecule has 0 spiro atoms. The number of hydrogen-bond acceptors (Lipinski definition) is 4. The molecule has 0 bridgehead atoms. The van der Waals surface area contributed by atoms with Crippen LogP contribution >= 0.6 is 0 Å². The van der Waals surface area contributed by atoms with Crippen molar-refractivity contribution in [3.8, 4) is 0 Å². The Morgan fingerprint density at radius 3 is 2.42 bits per heavy atom. The number of rotatable bonds is 6. The zero-order chi connectivity index (χ0) is 19.2. The van der Waals surface area contributed by atoms with E-state index < -0.39 is 5.60 Å². The van der Waals surface area contributed by atoms with E-state index in [1.54, 1.807) is 0 Å². The van der Waals surface area contributed by atoms with Crippen LogP contribution in [0.2, 0.25) is 0 Å². The molecule has 5 heteroatoms. The fourth-order valence-corrected chi connectivity index (χ4v) is 3.13. The van der Waals surface area contributed by atoms with E-state index in [1.807, 2.05) is 25.7 Å². The highest BCUT2D eigenvalue weighted by atomic mass is 16.6. The van der Waals surface area contributed by atoms with Gasteiger partial charge in [0.1, 0.15) is 5.60 Å². The third-order valence-electron chi connectivity index (χ3n) is 4.67. The second-order valence-electron chi connectivity index (χ2n) is 8.22. The molecule has 26 heavy (non-hydrogen) atoms. The summed E-state index contributed by atoms with van der Waals surface area (Å²) in [6.07, 6.45) is 0.893. The molecular weight excluding hydrogens is 326 g/mol. The van der Waals surface area contributed by atoms with Gasteiger partial charge in [-0.25, -0.2) is 4.79 Å². The fraction of sp³-hybridized carbons (Fsp3) is 0.667. The van der Waals surface area contributed by atoms with Crippen molar-refractivity contribution in [1.29, 1.82) is 0 Å². The molecule has 1 aromatic rings. The predicted octanol–water partition coefficient (Wildman–Crippen LogP) is 3.23. The molecule has 146 valence electrons. The third kappa shape index (κ3) is 6.96. The average Bonchev–Trinajstić information content (AvgIpc) is 2.59. The van der Waals surface area contributed by atoms with Gasteiger partial charge in [0.25, 0.3) is 0 Å². The van der Waals surface area contributed by atoms with E-state index in [9.17, 15) is 4.79 Å². The molecule has 1 fully saturated rings. The zero-order valence-corrected chi connectivity index (χ0v) is 17.1. The van der Waals surface area contributed by atoms with Crippen LogP contribution in [0.3, 0.4) is 0 Å². The average molecular weight is 362 g/mol. The summed E-state index contributed by atoms with van der Waals surface area (Å²) in [6, 6.07) is 8.84. The molecular formula is C21H35N3O2. The lowest BCUT2D eigenvalue weighted by Gasteiger charge is -2.36. The van der Waals surface area contributed by atoms with Crippen molar-refractivity contribution >= 4 is 6.09 Å². The standard InChI is InChI=1S/C21H35N3O2/c1-6-18-8-7-9-19(16-18)17-22(5)10-11-23-12-14-24(15-13-23)20(25)26-21(2,3)4/h7-9,16H,6,10-15,17H2,1-5H3. The van der Waals surface area contributed by atoms with Crippen LogP contribution in [0.25, 0.3) is 0 Å². The number of amides is 1. The lowest BCUT2D eigenvalue weighted by atomic mass is 10.1. The predicted molar refractivity (Wildman–Crippen MR) is 106 cm³/mol. The van der Waals surface area contributed by atoms with Crippen molar-refractivity contribution in [2.75, 3.05) is 46.3 Å². The molecule has 0 unspecified atom stereocenters. The van der Waals surface area contributed by atoms with Gasteiger partial charge in [0.15, 0.2) is 0 Å². The first-order valence-corrected chi connectivity index (χ1v) is 9.73. The number of carbonyl (C=O) groups excluding carboxylic acids is 1. The minimum atomic E-state index is -0.425. The number of carbonyl (C=O) groups is 1. The SMILES string of the molecule is CCc1cccc(CN(C)CCN2CCN(C(=O)OC(C)(C)C)CC2)c1. The van der Waals surface area contributed by atoms with Gasteiger partial charge in [-0.05, 0) is 45.4 Å². The van der Waals surface area contributed by atoms with Crippen LogP contribution in [0.15, 0.2) is 24.3 Å². The minimum Gasteiger partial charge on any atom is -0.444 e. The van der Waals surface area contributed by atoms with Crippen LogP contribution in [0, 0.1) is 0 Å². The Labute approximate surface area is 158 Å². The summed E-state index contributed by atoms with van der Waals surface area (Å²) in [5.41, 5.74) is 2.35. The highest BCUT2D eigenvalue weighted by Gasteiger charge is 2.25. The number of hydrogen-bond donors (Lipinski definition) is 0. The summed E-state index contributed by atoms with van der Waals surface area (Å²) in [4.78, 5) is 18.7. The van der Waals surface area contributed by atoms with Crippen molar-refractivity contribution in [2.45, 2.75) is 46.3 Å². The maximum Gasteiger partial charge on any atom is 0.410 e. The van der Waals surface area contributed by atoms with E-state index in [0.29, 0.717) is 0 Å². The topological polar surface area (TPSA) is 36.0 Å². The monoisotopic (exact) mass is 361 g/mol. The summed E-state index contributed by atoms with van der Waals surface area (Å²) < 4.78 is 5.46. The molecule has 0 radical (unpaired) electrons. The minimum absolute atomic E-state index is 0.190. The van der Waals surface area contributed by atoms with Crippen LogP contribution in [-0.4, -0.2) is 72.7 Å². The molecule has 1 amide bonds. The molecule has 0 aromatic heterocycles. The highest BCUT2D eigenvalue weighted by molar-refractivity contribution is 5.68. The summed E-state index contributed by atoms with van der Waals surface area (Å²) >= 11 is 0. The molecule has 0 aliphatic carbocycles. The number of ether oxygens (including phenoxy) is 1. The second kappa shape index (κ2) is 9.38. The van der Waals surface area contributed by atoms with Crippen LogP contribution in [-0.2, 0) is 17.7 Å². The van der Waals surface area contributed by atoms with E-state index in [0.717, 1.165) is 52.2 Å². The summed E-state index contributed by atoms with van der Waals surface area (Å²) in [5.74, 6) is 0. The van der Waals surface area contributed by atoms with E-state index in [2.05, 4.69) is 48.0 Å². The van der Waals surface area contributed by atoms with E-state index in [1.165, 1.54) is 11.1 Å². The smallest absolute Gasteiger partial charge is 0.410 e. The van der Waals surface area contributed by atoms with Gasteiger partial charge in [-0.3, -0.25) is 4.90 Å². The molecule has 1 aliphatic rings. The highest BCUT2D eigenvalue weighted by Crippen LogP contribution is 2.12. The lowest BCUT2D eigenvalue weighted by molar-refractivity contribution is 0.0139. The van der Waals surface area contributed by atoms with Crippen molar-refractivity contribution in [3.63, 3.8) is 0 Å². The van der Waals surface area contributed by atoms with E-state index in [4.69, 9.17) is 4.74 Å². The van der Waals surface area contributed by atoms with Crippen LogP contribution in [0.1, 0.15) is 38.8 Å².